The number of carboxylic acid groups (broad SMARTS) is 2. The van der Waals surface area contributed by atoms with Crippen molar-refractivity contribution in [3.8, 4) is 0 Å². The van der Waals surface area contributed by atoms with Crippen molar-refractivity contribution in [1.82, 2.24) is 4.90 Å². The lowest BCUT2D eigenvalue weighted by Gasteiger charge is -2.44. The molecule has 6 aliphatic carbocycles. The summed E-state index contributed by atoms with van der Waals surface area (Å²) in [7, 11) is 0. The molecule has 0 spiro atoms. The Morgan fingerprint density at radius 3 is 1.87 bits per heavy atom. The van der Waals surface area contributed by atoms with E-state index < -0.39 is 22.8 Å². The first-order valence-corrected chi connectivity index (χ1v) is 17.0. The number of fused-ring (bicyclic) bond motifs is 6. The number of hydrogen-bond acceptors (Lipinski definition) is 7. The predicted molar refractivity (Wildman–Crippen MR) is 172 cm³/mol. The van der Waals surface area contributed by atoms with E-state index in [1.54, 1.807) is 0 Å². The number of carboxylic acids is 2. The van der Waals surface area contributed by atoms with E-state index in [9.17, 15) is 29.1 Å². The van der Waals surface area contributed by atoms with Crippen LogP contribution in [0.25, 0.3) is 0 Å². The monoisotopic (exact) mass is 651 g/mol. The summed E-state index contributed by atoms with van der Waals surface area (Å²) in [5.41, 5.74) is -1.29. The third kappa shape index (κ3) is 6.62. The number of amides is 2. The molecule has 6 bridgehead atoms. The molecule has 10 nitrogen and oxygen atoms in total. The van der Waals surface area contributed by atoms with Crippen molar-refractivity contribution in [2.75, 3.05) is 19.8 Å². The van der Waals surface area contributed by atoms with E-state index in [1.807, 2.05) is 6.08 Å². The number of carbonyl (C=O) groups is 5. The van der Waals surface area contributed by atoms with Gasteiger partial charge in [-0.2, -0.15) is 0 Å². The summed E-state index contributed by atoms with van der Waals surface area (Å²) in [5.74, 6) is 0.0952. The van der Waals surface area contributed by atoms with Gasteiger partial charge in [-0.25, -0.2) is 0 Å². The Hall–Kier alpha value is -3.53. The van der Waals surface area contributed by atoms with Crippen LogP contribution in [0.3, 0.4) is 0 Å². The van der Waals surface area contributed by atoms with Crippen LogP contribution in [0.2, 0.25) is 0 Å². The molecule has 0 aromatic heterocycles. The molecule has 0 radical (unpaired) electrons. The summed E-state index contributed by atoms with van der Waals surface area (Å²) in [6.45, 7) is 6.81. The van der Waals surface area contributed by atoms with Gasteiger partial charge in [-0.15, -0.1) is 0 Å². The van der Waals surface area contributed by atoms with E-state index in [2.05, 4.69) is 51.2 Å². The summed E-state index contributed by atoms with van der Waals surface area (Å²) in [6, 6.07) is 0. The van der Waals surface area contributed by atoms with Gasteiger partial charge in [0.2, 0.25) is 0 Å². The number of aliphatic hydroxyl groups excluding tert-OH is 1. The maximum atomic E-state index is 12.9. The van der Waals surface area contributed by atoms with Crippen LogP contribution in [-0.2, 0) is 28.7 Å². The molecule has 2 amide bonds. The zero-order valence-electron chi connectivity index (χ0n) is 27.7. The second-order valence-corrected chi connectivity index (χ2v) is 15.4. The number of ether oxygens (including phenoxy) is 1. The van der Waals surface area contributed by atoms with E-state index in [0.29, 0.717) is 42.9 Å². The first kappa shape index (κ1) is 34.8. The quantitative estimate of drug-likeness (QED) is 0.138. The predicted octanol–water partition coefficient (Wildman–Crippen LogP) is 4.79. The molecular formula is C37H49NO9. The summed E-state index contributed by atoms with van der Waals surface area (Å²) in [5, 5.41) is 26.8. The van der Waals surface area contributed by atoms with Crippen LogP contribution in [0.15, 0.2) is 48.6 Å². The third-order valence-electron chi connectivity index (χ3n) is 11.8. The highest BCUT2D eigenvalue weighted by Gasteiger charge is 2.60. The minimum atomic E-state index is -0.738. The van der Waals surface area contributed by atoms with E-state index in [1.165, 1.54) is 17.1 Å². The fourth-order valence-electron chi connectivity index (χ4n) is 9.29. The van der Waals surface area contributed by atoms with Gasteiger partial charge in [0.1, 0.15) is 0 Å². The summed E-state index contributed by atoms with van der Waals surface area (Å²) < 4.78 is 5.60. The number of carbonyl (C=O) groups excluding carboxylic acids is 3. The number of imide groups is 1. The van der Waals surface area contributed by atoms with Gasteiger partial charge in [0, 0.05) is 25.3 Å². The SMILES string of the molecule is CC(C)(C)C1(C(=O)OCCCN2C(=O)C=CC2=O)CC2C=CC1C2.O=C(O)C1(CCO)CC2C=CC1C2.O=C(O)C1CC2C=CC1C2. The Balaban J connectivity index is 0.000000156. The molecule has 0 aromatic rings. The molecular weight excluding hydrogens is 602 g/mol. The molecule has 0 aromatic carbocycles. The van der Waals surface area contributed by atoms with Crippen molar-refractivity contribution < 1.29 is 44.0 Å². The van der Waals surface area contributed by atoms with Gasteiger partial charge >= 0.3 is 17.9 Å². The van der Waals surface area contributed by atoms with Crippen LogP contribution in [0.1, 0.15) is 72.1 Å². The zero-order valence-corrected chi connectivity index (χ0v) is 27.7. The highest BCUT2D eigenvalue weighted by atomic mass is 16.5. The topological polar surface area (TPSA) is 159 Å². The van der Waals surface area contributed by atoms with Crippen LogP contribution in [0.5, 0.6) is 0 Å². The molecule has 9 atom stereocenters. The highest BCUT2D eigenvalue weighted by Crippen LogP contribution is 2.61. The van der Waals surface area contributed by atoms with Crippen LogP contribution >= 0.6 is 0 Å². The van der Waals surface area contributed by atoms with Crippen LogP contribution in [0, 0.1) is 57.7 Å². The van der Waals surface area contributed by atoms with E-state index >= 15 is 0 Å². The molecule has 256 valence electrons. The van der Waals surface area contributed by atoms with Gasteiger partial charge in [-0.1, -0.05) is 57.2 Å². The Bertz CT molecular complexity index is 1370. The van der Waals surface area contributed by atoms with Crippen molar-refractivity contribution in [2.24, 2.45) is 57.7 Å². The third-order valence-corrected chi connectivity index (χ3v) is 11.8. The van der Waals surface area contributed by atoms with Gasteiger partial charge in [0.05, 0.1) is 23.4 Å². The second kappa shape index (κ2) is 13.5. The normalized spacial score (nSPS) is 36.5. The smallest absolute Gasteiger partial charge is 0.313 e. The first-order valence-electron chi connectivity index (χ1n) is 17.0. The summed E-state index contributed by atoms with van der Waals surface area (Å²) in [6.07, 6.45) is 21.7. The van der Waals surface area contributed by atoms with E-state index in [4.69, 9.17) is 14.9 Å². The lowest BCUT2D eigenvalue weighted by molar-refractivity contribution is -0.166. The highest BCUT2D eigenvalue weighted by molar-refractivity contribution is 6.12. The Labute approximate surface area is 276 Å². The van der Waals surface area contributed by atoms with Gasteiger partial charge in [-0.05, 0) is 92.3 Å². The van der Waals surface area contributed by atoms with Crippen molar-refractivity contribution in [3.63, 3.8) is 0 Å². The van der Waals surface area contributed by atoms with Gasteiger partial charge in [0.15, 0.2) is 0 Å². The second-order valence-electron chi connectivity index (χ2n) is 15.4. The summed E-state index contributed by atoms with van der Waals surface area (Å²) in [4.78, 5) is 58.8. The lowest BCUT2D eigenvalue weighted by atomic mass is 9.59. The standard InChI is InChI=1S/C19H25NO4.C10H14O3.C8H10O2/c1-18(2,3)19(12-13-5-6-14(19)11-13)17(23)24-10-4-9-20-15(21)7-8-16(20)22;11-4-3-10(9(12)13)6-7-1-2-8(10)5-7;9-8(10)7-4-5-1-2-6(7)3-5/h5-8,13-14H,4,9-12H2,1-3H3;1-2,7-8,11H,3-6H2,(H,12,13);1-2,5-7H,3-4H2,(H,9,10). The van der Waals surface area contributed by atoms with Crippen molar-refractivity contribution in [1.29, 1.82) is 0 Å². The molecule has 9 unspecified atom stereocenters. The number of hydrogen-bond donors (Lipinski definition) is 3. The number of rotatable bonds is 9. The molecule has 3 saturated carbocycles. The molecule has 3 fully saturated rings. The van der Waals surface area contributed by atoms with Crippen LogP contribution in [-0.4, -0.2) is 69.7 Å². The maximum Gasteiger partial charge on any atom is 0.313 e. The Kier molecular flexibility index (Phi) is 10.0. The molecule has 1 heterocycles. The lowest BCUT2D eigenvalue weighted by Crippen LogP contribution is -2.47. The van der Waals surface area contributed by atoms with Crippen molar-refractivity contribution in [3.05, 3.63) is 48.6 Å². The van der Waals surface area contributed by atoms with Crippen molar-refractivity contribution >= 4 is 29.7 Å². The number of allylic oxidation sites excluding steroid dienone is 6. The van der Waals surface area contributed by atoms with Gasteiger partial charge < -0.3 is 20.1 Å². The Morgan fingerprint density at radius 1 is 0.851 bits per heavy atom. The molecule has 7 aliphatic rings. The number of nitrogens with zero attached hydrogens (tertiary/aromatic N) is 1. The van der Waals surface area contributed by atoms with Crippen LogP contribution < -0.4 is 0 Å². The fourth-order valence-corrected chi connectivity index (χ4v) is 9.29. The molecule has 10 heteroatoms. The maximum absolute atomic E-state index is 12.9. The van der Waals surface area contributed by atoms with Gasteiger partial charge in [-0.3, -0.25) is 28.9 Å². The molecule has 47 heavy (non-hydrogen) atoms. The molecule has 1 aliphatic heterocycles. The fraction of sp³-hybridized carbons (Fsp3) is 0.649. The minimum absolute atomic E-state index is 0.0244. The van der Waals surface area contributed by atoms with E-state index in [0.717, 1.165) is 32.1 Å². The Morgan fingerprint density at radius 2 is 1.47 bits per heavy atom. The van der Waals surface area contributed by atoms with Crippen molar-refractivity contribution in [2.45, 2.75) is 72.1 Å². The average Bonchev–Trinajstić information content (AvgIpc) is 3.88. The minimum Gasteiger partial charge on any atom is -0.481 e. The number of aliphatic carboxylic acids is 2. The molecule has 0 saturated heterocycles. The average molecular weight is 652 g/mol. The molecule has 3 N–H and O–H groups in total. The first-order chi connectivity index (χ1) is 22.2. The van der Waals surface area contributed by atoms with Crippen LogP contribution in [0.4, 0.5) is 0 Å². The molecule has 7 rings (SSSR count). The largest absolute Gasteiger partial charge is 0.481 e. The number of aliphatic hydroxyl groups is 1. The number of esters is 1. The van der Waals surface area contributed by atoms with E-state index in [-0.39, 0.29) is 60.7 Å². The summed E-state index contributed by atoms with van der Waals surface area (Å²) >= 11 is 0. The zero-order chi connectivity index (χ0) is 34.1. The van der Waals surface area contributed by atoms with Gasteiger partial charge in [0.25, 0.3) is 11.8 Å².